The zero-order valence-electron chi connectivity index (χ0n) is 8.44. The summed E-state index contributed by atoms with van der Waals surface area (Å²) in [5.74, 6) is 0. The highest BCUT2D eigenvalue weighted by molar-refractivity contribution is 7.09. The van der Waals surface area contributed by atoms with E-state index in [9.17, 15) is 5.11 Å². The van der Waals surface area contributed by atoms with Crippen LogP contribution in [-0.4, -0.2) is 40.7 Å². The number of aliphatic hydroxyl groups is 1. The number of likely N-dealkylation sites (N-methyl/N-ethyl adjacent to an activating group) is 1. The first-order chi connectivity index (χ1) is 6.68. The maximum Gasteiger partial charge on any atom is 0.0954 e. The zero-order chi connectivity index (χ0) is 10.0. The fourth-order valence-corrected chi connectivity index (χ4v) is 2.86. The Morgan fingerprint density at radius 3 is 3.21 bits per heavy atom. The Labute approximate surface area is 88.4 Å². The lowest BCUT2D eigenvalue weighted by Gasteiger charge is -2.36. The Bertz CT molecular complexity index is 288. The summed E-state index contributed by atoms with van der Waals surface area (Å²) in [6.45, 7) is 1.87. The van der Waals surface area contributed by atoms with E-state index in [4.69, 9.17) is 0 Å². The van der Waals surface area contributed by atoms with Gasteiger partial charge in [0, 0.05) is 24.5 Å². The molecule has 3 nitrogen and oxygen atoms in total. The molecule has 1 aromatic heterocycles. The van der Waals surface area contributed by atoms with Gasteiger partial charge in [0.15, 0.2) is 0 Å². The Hall–Kier alpha value is -0.450. The predicted molar refractivity (Wildman–Crippen MR) is 57.5 cm³/mol. The molecule has 4 heteroatoms. The molecule has 1 saturated heterocycles. The van der Waals surface area contributed by atoms with E-state index in [1.165, 1.54) is 0 Å². The number of likely N-dealkylation sites (tertiary alicyclic amines) is 1. The standard InChI is InChI=1S/C10H16N2OS/c1-12-5-2-3-10(13,8-12)7-9-11-4-6-14-9/h4,6,13H,2-3,5,7-8H2,1H3. The number of piperidine rings is 1. The van der Waals surface area contributed by atoms with Crippen molar-refractivity contribution in [2.45, 2.75) is 24.9 Å². The Kier molecular flexibility index (Phi) is 2.85. The number of nitrogens with zero attached hydrogens (tertiary/aromatic N) is 2. The van der Waals surface area contributed by atoms with Crippen LogP contribution >= 0.6 is 11.3 Å². The summed E-state index contributed by atoms with van der Waals surface area (Å²) in [6, 6.07) is 0. The van der Waals surface area contributed by atoms with Gasteiger partial charge in [-0.25, -0.2) is 4.98 Å². The molecule has 0 aliphatic carbocycles. The number of hydrogen-bond donors (Lipinski definition) is 1. The second-order valence-corrected chi connectivity index (χ2v) is 5.15. The van der Waals surface area contributed by atoms with Crippen LogP contribution in [0.25, 0.3) is 0 Å². The van der Waals surface area contributed by atoms with Crippen LogP contribution in [0.15, 0.2) is 11.6 Å². The van der Waals surface area contributed by atoms with Crippen molar-refractivity contribution in [1.29, 1.82) is 0 Å². The van der Waals surface area contributed by atoms with Crippen molar-refractivity contribution in [2.24, 2.45) is 0 Å². The highest BCUT2D eigenvalue weighted by Gasteiger charge is 2.32. The van der Waals surface area contributed by atoms with E-state index < -0.39 is 5.60 Å². The average Bonchev–Trinajstić information content (AvgIpc) is 2.55. The molecule has 1 aromatic rings. The molecule has 1 aliphatic rings. The SMILES string of the molecule is CN1CCCC(O)(Cc2nccs2)C1. The summed E-state index contributed by atoms with van der Waals surface area (Å²) in [5, 5.41) is 13.3. The Morgan fingerprint density at radius 2 is 2.57 bits per heavy atom. The van der Waals surface area contributed by atoms with Crippen LogP contribution in [0.2, 0.25) is 0 Å². The molecule has 1 atom stereocenters. The van der Waals surface area contributed by atoms with Crippen molar-refractivity contribution < 1.29 is 5.11 Å². The summed E-state index contributed by atoms with van der Waals surface area (Å²) < 4.78 is 0. The third-order valence-electron chi connectivity index (χ3n) is 2.71. The van der Waals surface area contributed by atoms with Gasteiger partial charge in [0.25, 0.3) is 0 Å². The molecule has 0 bridgehead atoms. The Morgan fingerprint density at radius 1 is 1.71 bits per heavy atom. The van der Waals surface area contributed by atoms with Crippen molar-refractivity contribution in [1.82, 2.24) is 9.88 Å². The van der Waals surface area contributed by atoms with Crippen LogP contribution in [0.4, 0.5) is 0 Å². The van der Waals surface area contributed by atoms with Crippen LogP contribution in [0.3, 0.4) is 0 Å². The van der Waals surface area contributed by atoms with E-state index in [1.54, 1.807) is 17.5 Å². The topological polar surface area (TPSA) is 36.4 Å². The predicted octanol–water partition coefficient (Wildman–Crippen LogP) is 1.14. The van der Waals surface area contributed by atoms with Crippen molar-refractivity contribution in [3.05, 3.63) is 16.6 Å². The minimum Gasteiger partial charge on any atom is -0.388 e. The fourth-order valence-electron chi connectivity index (χ4n) is 2.10. The summed E-state index contributed by atoms with van der Waals surface area (Å²) in [4.78, 5) is 6.41. The number of aromatic nitrogens is 1. The molecule has 78 valence electrons. The van der Waals surface area contributed by atoms with Crippen molar-refractivity contribution in [2.75, 3.05) is 20.1 Å². The summed E-state index contributed by atoms with van der Waals surface area (Å²) in [7, 11) is 2.06. The van der Waals surface area contributed by atoms with Crippen LogP contribution in [0, 0.1) is 0 Å². The van der Waals surface area contributed by atoms with E-state index in [0.29, 0.717) is 6.42 Å². The van der Waals surface area contributed by atoms with Gasteiger partial charge in [0.05, 0.1) is 10.6 Å². The minimum atomic E-state index is -0.551. The normalized spacial score (nSPS) is 29.3. The molecular weight excluding hydrogens is 196 g/mol. The quantitative estimate of drug-likeness (QED) is 0.798. The second-order valence-electron chi connectivity index (χ2n) is 4.17. The van der Waals surface area contributed by atoms with Gasteiger partial charge >= 0.3 is 0 Å². The highest BCUT2D eigenvalue weighted by Crippen LogP contribution is 2.25. The van der Waals surface area contributed by atoms with Gasteiger partial charge in [-0.3, -0.25) is 0 Å². The molecule has 1 N–H and O–H groups in total. The zero-order valence-corrected chi connectivity index (χ0v) is 9.26. The highest BCUT2D eigenvalue weighted by atomic mass is 32.1. The van der Waals surface area contributed by atoms with Crippen LogP contribution in [-0.2, 0) is 6.42 Å². The van der Waals surface area contributed by atoms with Gasteiger partial charge in [-0.2, -0.15) is 0 Å². The monoisotopic (exact) mass is 212 g/mol. The molecule has 2 heterocycles. The first-order valence-electron chi connectivity index (χ1n) is 4.97. The molecule has 0 spiro atoms. The van der Waals surface area contributed by atoms with Crippen molar-refractivity contribution >= 4 is 11.3 Å². The summed E-state index contributed by atoms with van der Waals surface area (Å²) in [5.41, 5.74) is -0.551. The van der Waals surface area contributed by atoms with Crippen LogP contribution < -0.4 is 0 Å². The van der Waals surface area contributed by atoms with Crippen molar-refractivity contribution in [3.63, 3.8) is 0 Å². The summed E-state index contributed by atoms with van der Waals surface area (Å²) in [6.07, 6.45) is 4.49. The second kappa shape index (κ2) is 3.96. The van der Waals surface area contributed by atoms with E-state index in [0.717, 1.165) is 30.9 Å². The Balaban J connectivity index is 2.01. The van der Waals surface area contributed by atoms with Crippen molar-refractivity contribution in [3.8, 4) is 0 Å². The number of hydrogen-bond acceptors (Lipinski definition) is 4. The molecule has 0 saturated carbocycles. The number of thiazole rings is 1. The minimum absolute atomic E-state index is 0.551. The van der Waals surface area contributed by atoms with Gasteiger partial charge in [-0.1, -0.05) is 0 Å². The smallest absolute Gasteiger partial charge is 0.0954 e. The molecule has 1 unspecified atom stereocenters. The number of rotatable bonds is 2. The van der Waals surface area contributed by atoms with E-state index >= 15 is 0 Å². The maximum absolute atomic E-state index is 10.3. The third kappa shape index (κ3) is 2.32. The lowest BCUT2D eigenvalue weighted by atomic mass is 9.90. The lowest BCUT2D eigenvalue weighted by Crippen LogP contribution is -2.47. The van der Waals surface area contributed by atoms with Gasteiger partial charge in [-0.05, 0) is 26.4 Å². The molecule has 0 aromatic carbocycles. The van der Waals surface area contributed by atoms with Gasteiger partial charge in [0.1, 0.15) is 0 Å². The van der Waals surface area contributed by atoms with E-state index in [-0.39, 0.29) is 0 Å². The van der Waals surface area contributed by atoms with Crippen LogP contribution in [0.1, 0.15) is 17.8 Å². The molecule has 0 amide bonds. The molecule has 14 heavy (non-hydrogen) atoms. The molecule has 1 aliphatic heterocycles. The molecular formula is C10H16N2OS. The first-order valence-corrected chi connectivity index (χ1v) is 5.85. The van der Waals surface area contributed by atoms with E-state index in [2.05, 4.69) is 16.9 Å². The van der Waals surface area contributed by atoms with Gasteiger partial charge in [-0.15, -0.1) is 11.3 Å². The largest absolute Gasteiger partial charge is 0.388 e. The van der Waals surface area contributed by atoms with Gasteiger partial charge < -0.3 is 10.0 Å². The van der Waals surface area contributed by atoms with E-state index in [1.807, 2.05) is 5.38 Å². The lowest BCUT2D eigenvalue weighted by molar-refractivity contribution is -0.0224. The molecule has 0 radical (unpaired) electrons. The fraction of sp³-hybridized carbons (Fsp3) is 0.700. The van der Waals surface area contributed by atoms with Crippen LogP contribution in [0.5, 0.6) is 0 Å². The third-order valence-corrected chi connectivity index (χ3v) is 3.49. The number of β-amino-alcohol motifs (C(OH)–C–C–N with tert-alkyl or cyclic N) is 1. The van der Waals surface area contributed by atoms with Gasteiger partial charge in [0.2, 0.25) is 0 Å². The summed E-state index contributed by atoms with van der Waals surface area (Å²) >= 11 is 1.63. The molecule has 2 rings (SSSR count). The average molecular weight is 212 g/mol. The molecule has 1 fully saturated rings. The first kappa shape index (κ1) is 10.1. The maximum atomic E-state index is 10.3.